The first-order chi connectivity index (χ1) is 11.5. The van der Waals surface area contributed by atoms with Crippen LogP contribution < -0.4 is 4.74 Å². The van der Waals surface area contributed by atoms with Crippen molar-refractivity contribution in [2.24, 2.45) is 0 Å². The summed E-state index contributed by atoms with van der Waals surface area (Å²) in [4.78, 5) is 0. The highest BCUT2D eigenvalue weighted by Gasteiger charge is 2.16. The second-order valence-electron chi connectivity index (χ2n) is 5.80. The van der Waals surface area contributed by atoms with Gasteiger partial charge >= 0.3 is 0 Å². The molecule has 124 valence electrons. The highest BCUT2D eigenvalue weighted by Crippen LogP contribution is 2.28. The van der Waals surface area contributed by atoms with Crippen molar-refractivity contribution in [1.29, 1.82) is 0 Å². The molecule has 2 aromatic carbocycles. The molecular formula is C18H19N3O3. The van der Waals surface area contributed by atoms with E-state index < -0.39 is 6.29 Å². The number of aromatic nitrogens is 3. The molecule has 0 spiro atoms. The van der Waals surface area contributed by atoms with Crippen LogP contribution in [-0.2, 0) is 0 Å². The summed E-state index contributed by atoms with van der Waals surface area (Å²) in [7, 11) is 0. The molecule has 3 N–H and O–H groups in total. The van der Waals surface area contributed by atoms with Gasteiger partial charge in [0.25, 0.3) is 0 Å². The number of nitrogens with zero attached hydrogens (tertiary/aromatic N) is 2. The maximum atomic E-state index is 9.18. The summed E-state index contributed by atoms with van der Waals surface area (Å²) in [5.41, 5.74) is 3.45. The molecule has 0 aliphatic heterocycles. The maximum absolute atomic E-state index is 9.18. The molecule has 0 atom stereocenters. The quantitative estimate of drug-likeness (QED) is 0.626. The Labute approximate surface area is 139 Å². The molecule has 0 bridgehead atoms. The molecule has 0 aliphatic carbocycles. The minimum absolute atomic E-state index is 0.0525. The Bertz CT molecular complexity index is 793. The molecule has 24 heavy (non-hydrogen) atoms. The van der Waals surface area contributed by atoms with Gasteiger partial charge in [-0.2, -0.15) is 0 Å². The fraction of sp³-hybridized carbons (Fsp3) is 0.222. The predicted octanol–water partition coefficient (Wildman–Crippen LogP) is 3.37. The first-order valence-electron chi connectivity index (χ1n) is 7.70. The normalized spacial score (nSPS) is 11.2. The minimum Gasteiger partial charge on any atom is -0.437 e. The molecule has 0 radical (unpaired) electrons. The van der Waals surface area contributed by atoms with Gasteiger partial charge < -0.3 is 14.9 Å². The zero-order valence-corrected chi connectivity index (χ0v) is 13.5. The number of aromatic amines is 1. The average Bonchev–Trinajstić information content (AvgIpc) is 3.04. The van der Waals surface area contributed by atoms with Crippen LogP contribution >= 0.6 is 0 Å². The summed E-state index contributed by atoms with van der Waals surface area (Å²) in [5.74, 6) is 1.17. The third kappa shape index (κ3) is 3.45. The van der Waals surface area contributed by atoms with Crippen molar-refractivity contribution >= 4 is 0 Å². The molecule has 1 aromatic heterocycles. The highest BCUT2D eigenvalue weighted by atomic mass is 16.5. The second-order valence-corrected chi connectivity index (χ2v) is 5.80. The van der Waals surface area contributed by atoms with E-state index in [4.69, 9.17) is 4.74 Å². The molecule has 0 unspecified atom stereocenters. The number of aliphatic hydroxyl groups excluding tert-OH is 1. The lowest BCUT2D eigenvalue weighted by atomic mass is 9.99. The Hall–Kier alpha value is -2.70. The molecule has 0 saturated heterocycles. The van der Waals surface area contributed by atoms with Crippen LogP contribution in [0.4, 0.5) is 0 Å². The zero-order valence-electron chi connectivity index (χ0n) is 13.5. The summed E-state index contributed by atoms with van der Waals surface area (Å²) in [6, 6.07) is 16.0. The van der Waals surface area contributed by atoms with Gasteiger partial charge in [0.15, 0.2) is 5.69 Å². The fourth-order valence-electron chi connectivity index (χ4n) is 2.36. The first kappa shape index (κ1) is 16.2. The molecule has 1 heterocycles. The van der Waals surface area contributed by atoms with Crippen LogP contribution in [0.5, 0.6) is 11.6 Å². The van der Waals surface area contributed by atoms with Gasteiger partial charge in [0.2, 0.25) is 12.2 Å². The SMILES string of the molecule is CC(C)c1ccc(-c2ccc(Oc3[nH]nnc3C(O)O)cc2)cc1. The van der Waals surface area contributed by atoms with Crippen molar-refractivity contribution in [3.63, 3.8) is 0 Å². The van der Waals surface area contributed by atoms with E-state index in [2.05, 4.69) is 53.5 Å². The van der Waals surface area contributed by atoms with Gasteiger partial charge in [-0.1, -0.05) is 55.5 Å². The molecule has 3 aromatic rings. The van der Waals surface area contributed by atoms with Crippen LogP contribution in [0.15, 0.2) is 48.5 Å². The van der Waals surface area contributed by atoms with E-state index in [1.165, 1.54) is 5.56 Å². The summed E-state index contributed by atoms with van der Waals surface area (Å²) in [5, 5.41) is 27.9. The largest absolute Gasteiger partial charge is 0.437 e. The standard InChI is InChI=1S/C18H19N3O3/c1-11(2)12-3-5-13(6-4-12)14-7-9-15(10-8-14)24-17-16(18(22)23)19-21-20-17/h3-11,18,22-23H,1-2H3,(H,19,20,21). The Morgan fingerprint density at radius 3 is 2.04 bits per heavy atom. The van der Waals surface area contributed by atoms with Crippen LogP contribution in [0.25, 0.3) is 11.1 Å². The Kier molecular flexibility index (Phi) is 4.59. The van der Waals surface area contributed by atoms with E-state index >= 15 is 0 Å². The first-order valence-corrected chi connectivity index (χ1v) is 7.70. The number of ether oxygens (including phenoxy) is 1. The van der Waals surface area contributed by atoms with Crippen molar-refractivity contribution in [2.45, 2.75) is 26.1 Å². The molecule has 3 rings (SSSR count). The van der Waals surface area contributed by atoms with Crippen LogP contribution in [-0.4, -0.2) is 25.6 Å². The van der Waals surface area contributed by atoms with Crippen LogP contribution in [0.3, 0.4) is 0 Å². The van der Waals surface area contributed by atoms with Crippen molar-refractivity contribution in [3.05, 3.63) is 59.8 Å². The van der Waals surface area contributed by atoms with Gasteiger partial charge in [0.1, 0.15) is 5.75 Å². The monoisotopic (exact) mass is 325 g/mol. The van der Waals surface area contributed by atoms with Gasteiger partial charge in [0, 0.05) is 0 Å². The third-order valence-electron chi connectivity index (χ3n) is 3.77. The lowest BCUT2D eigenvalue weighted by Crippen LogP contribution is -1.98. The maximum Gasteiger partial charge on any atom is 0.244 e. The molecule has 0 amide bonds. The molecule has 0 saturated carbocycles. The second kappa shape index (κ2) is 6.82. The van der Waals surface area contributed by atoms with E-state index in [1.807, 2.05) is 12.1 Å². The highest BCUT2D eigenvalue weighted by molar-refractivity contribution is 5.64. The van der Waals surface area contributed by atoms with Gasteiger partial charge in [-0.15, -0.1) is 5.10 Å². The molecule has 6 nitrogen and oxygen atoms in total. The lowest BCUT2D eigenvalue weighted by molar-refractivity contribution is -0.0470. The van der Waals surface area contributed by atoms with Crippen LogP contribution in [0.1, 0.15) is 37.3 Å². The fourth-order valence-corrected chi connectivity index (χ4v) is 2.36. The van der Waals surface area contributed by atoms with Crippen molar-refractivity contribution in [3.8, 4) is 22.8 Å². The van der Waals surface area contributed by atoms with Crippen molar-refractivity contribution in [1.82, 2.24) is 15.4 Å². The number of hydrogen-bond acceptors (Lipinski definition) is 5. The molecule has 6 heteroatoms. The van der Waals surface area contributed by atoms with Gasteiger partial charge in [-0.25, -0.2) is 5.10 Å². The van der Waals surface area contributed by atoms with E-state index in [9.17, 15) is 10.2 Å². The number of aliphatic hydroxyl groups is 2. The number of rotatable bonds is 5. The van der Waals surface area contributed by atoms with Gasteiger partial charge in [-0.3, -0.25) is 0 Å². The van der Waals surface area contributed by atoms with Crippen LogP contribution in [0.2, 0.25) is 0 Å². The Morgan fingerprint density at radius 2 is 1.50 bits per heavy atom. The smallest absolute Gasteiger partial charge is 0.244 e. The Morgan fingerprint density at radius 1 is 0.917 bits per heavy atom. The van der Waals surface area contributed by atoms with Gasteiger partial charge in [-0.05, 0) is 34.7 Å². The molecule has 0 aliphatic rings. The number of hydrogen-bond donors (Lipinski definition) is 3. The van der Waals surface area contributed by atoms with Crippen LogP contribution in [0, 0.1) is 0 Å². The topological polar surface area (TPSA) is 91.3 Å². The Balaban J connectivity index is 1.76. The number of benzene rings is 2. The van der Waals surface area contributed by atoms with Crippen molar-refractivity contribution < 1.29 is 14.9 Å². The van der Waals surface area contributed by atoms with E-state index in [1.54, 1.807) is 12.1 Å². The van der Waals surface area contributed by atoms with Gasteiger partial charge in [0.05, 0.1) is 0 Å². The van der Waals surface area contributed by atoms with Crippen molar-refractivity contribution in [2.75, 3.05) is 0 Å². The molecule has 0 fully saturated rings. The number of H-pyrrole nitrogens is 1. The number of nitrogens with one attached hydrogen (secondary N) is 1. The summed E-state index contributed by atoms with van der Waals surface area (Å²) in [6.45, 7) is 4.34. The predicted molar refractivity (Wildman–Crippen MR) is 89.6 cm³/mol. The summed E-state index contributed by atoms with van der Waals surface area (Å²) < 4.78 is 5.55. The summed E-state index contributed by atoms with van der Waals surface area (Å²) >= 11 is 0. The third-order valence-corrected chi connectivity index (χ3v) is 3.77. The summed E-state index contributed by atoms with van der Waals surface area (Å²) in [6.07, 6.45) is -1.74. The van der Waals surface area contributed by atoms with E-state index in [-0.39, 0.29) is 11.6 Å². The molecular weight excluding hydrogens is 306 g/mol. The average molecular weight is 325 g/mol. The zero-order chi connectivity index (χ0) is 17.1. The minimum atomic E-state index is -1.74. The van der Waals surface area contributed by atoms with E-state index in [0.29, 0.717) is 11.7 Å². The lowest BCUT2D eigenvalue weighted by Gasteiger charge is -2.09. The van der Waals surface area contributed by atoms with E-state index in [0.717, 1.165) is 11.1 Å².